The molecule has 3 N–H and O–H groups in total. The minimum absolute atomic E-state index is 0.245. The smallest absolute Gasteiger partial charge is 0.227 e. The minimum atomic E-state index is -0.315. The molecule has 1 aliphatic rings. The lowest BCUT2D eigenvalue weighted by molar-refractivity contribution is -0.119. The number of hydrogen-bond donors (Lipinski definition) is 2. The molecule has 1 amide bonds. The maximum Gasteiger partial charge on any atom is 0.227 e. The van der Waals surface area contributed by atoms with Crippen molar-refractivity contribution < 1.29 is 4.79 Å². The Balaban J connectivity index is 2.46. The first kappa shape index (κ1) is 9.15. The highest BCUT2D eigenvalue weighted by Gasteiger charge is 2.28. The van der Waals surface area contributed by atoms with Crippen molar-refractivity contribution in [1.82, 2.24) is 10.3 Å². The summed E-state index contributed by atoms with van der Waals surface area (Å²) in [5.74, 6) is -0.605. The zero-order valence-electron chi connectivity index (χ0n) is 8.03. The summed E-state index contributed by atoms with van der Waals surface area (Å²) < 4.78 is 0. The number of rotatable bonds is 1. The third-order valence-corrected chi connectivity index (χ3v) is 2.64. The maximum atomic E-state index is 11.2. The SMILES string of the molecule is C[C@H]1NCC(C(N)=O)c2ncccc21. The first-order valence-corrected chi connectivity index (χ1v) is 4.67. The van der Waals surface area contributed by atoms with Gasteiger partial charge in [0.15, 0.2) is 0 Å². The van der Waals surface area contributed by atoms with Gasteiger partial charge in [0.2, 0.25) is 5.91 Å². The second-order valence-electron chi connectivity index (χ2n) is 3.56. The average molecular weight is 191 g/mol. The number of fused-ring (bicyclic) bond motifs is 1. The lowest BCUT2D eigenvalue weighted by Gasteiger charge is -2.27. The second kappa shape index (κ2) is 3.38. The fraction of sp³-hybridized carbons (Fsp3) is 0.400. The molecule has 14 heavy (non-hydrogen) atoms. The van der Waals surface area contributed by atoms with Crippen molar-refractivity contribution in [2.24, 2.45) is 5.73 Å². The summed E-state index contributed by atoms with van der Waals surface area (Å²) in [5, 5.41) is 3.23. The first-order chi connectivity index (χ1) is 6.70. The number of carbonyl (C=O) groups is 1. The Morgan fingerprint density at radius 3 is 3.21 bits per heavy atom. The van der Waals surface area contributed by atoms with Crippen molar-refractivity contribution in [3.63, 3.8) is 0 Å². The van der Waals surface area contributed by atoms with Gasteiger partial charge in [-0.15, -0.1) is 0 Å². The Morgan fingerprint density at radius 2 is 2.50 bits per heavy atom. The molecule has 0 aliphatic carbocycles. The molecular formula is C10H13N3O. The van der Waals surface area contributed by atoms with Crippen molar-refractivity contribution in [3.05, 3.63) is 29.6 Å². The number of aromatic nitrogens is 1. The summed E-state index contributed by atoms with van der Waals surface area (Å²) in [6, 6.07) is 4.10. The Morgan fingerprint density at radius 1 is 1.71 bits per heavy atom. The van der Waals surface area contributed by atoms with Crippen LogP contribution in [0.3, 0.4) is 0 Å². The van der Waals surface area contributed by atoms with Crippen LogP contribution in [0.1, 0.15) is 30.1 Å². The van der Waals surface area contributed by atoms with E-state index in [0.29, 0.717) is 6.54 Å². The van der Waals surface area contributed by atoms with Crippen LogP contribution in [0.2, 0.25) is 0 Å². The molecule has 4 nitrogen and oxygen atoms in total. The van der Waals surface area contributed by atoms with E-state index in [9.17, 15) is 4.79 Å². The van der Waals surface area contributed by atoms with Crippen molar-refractivity contribution in [1.29, 1.82) is 0 Å². The molecule has 0 saturated carbocycles. The first-order valence-electron chi connectivity index (χ1n) is 4.67. The molecule has 2 atom stereocenters. The van der Waals surface area contributed by atoms with Gasteiger partial charge in [-0.2, -0.15) is 0 Å². The summed E-state index contributed by atoms with van der Waals surface area (Å²) in [5.41, 5.74) is 7.21. The summed E-state index contributed by atoms with van der Waals surface area (Å²) in [6.45, 7) is 2.64. The molecule has 1 aromatic rings. The molecule has 2 heterocycles. The normalized spacial score (nSPS) is 25.5. The Kier molecular flexibility index (Phi) is 2.21. The third-order valence-electron chi connectivity index (χ3n) is 2.64. The Bertz CT molecular complexity index is 364. The summed E-state index contributed by atoms with van der Waals surface area (Å²) in [4.78, 5) is 15.4. The van der Waals surface area contributed by atoms with Gasteiger partial charge in [-0.3, -0.25) is 9.78 Å². The molecule has 0 radical (unpaired) electrons. The van der Waals surface area contributed by atoms with E-state index in [1.807, 2.05) is 12.1 Å². The van der Waals surface area contributed by atoms with Crippen LogP contribution in [0.5, 0.6) is 0 Å². The quantitative estimate of drug-likeness (QED) is 0.671. The largest absolute Gasteiger partial charge is 0.369 e. The van der Waals surface area contributed by atoms with Crippen LogP contribution in [0.4, 0.5) is 0 Å². The topological polar surface area (TPSA) is 68.0 Å². The lowest BCUT2D eigenvalue weighted by Crippen LogP contribution is -2.38. The number of nitrogens with two attached hydrogens (primary N) is 1. The molecule has 1 unspecified atom stereocenters. The van der Waals surface area contributed by atoms with Gasteiger partial charge in [-0.05, 0) is 18.6 Å². The number of carbonyl (C=O) groups excluding carboxylic acids is 1. The highest BCUT2D eigenvalue weighted by atomic mass is 16.1. The summed E-state index contributed by atoms with van der Waals surface area (Å²) in [6.07, 6.45) is 1.70. The van der Waals surface area contributed by atoms with Gasteiger partial charge in [0.25, 0.3) is 0 Å². The molecule has 4 heteroatoms. The molecule has 0 fully saturated rings. The number of hydrogen-bond acceptors (Lipinski definition) is 3. The molecule has 0 bridgehead atoms. The zero-order valence-corrected chi connectivity index (χ0v) is 8.03. The van der Waals surface area contributed by atoms with E-state index >= 15 is 0 Å². The van der Waals surface area contributed by atoms with Crippen LogP contribution >= 0.6 is 0 Å². The predicted molar refractivity (Wildman–Crippen MR) is 52.6 cm³/mol. The van der Waals surface area contributed by atoms with Crippen molar-refractivity contribution in [2.75, 3.05) is 6.54 Å². The number of nitrogens with zero attached hydrogens (tertiary/aromatic N) is 1. The van der Waals surface area contributed by atoms with Crippen molar-refractivity contribution in [3.8, 4) is 0 Å². The molecule has 1 aliphatic heterocycles. The molecule has 0 spiro atoms. The number of nitrogens with one attached hydrogen (secondary N) is 1. The van der Waals surface area contributed by atoms with Crippen molar-refractivity contribution in [2.45, 2.75) is 18.9 Å². The lowest BCUT2D eigenvalue weighted by atomic mass is 9.91. The minimum Gasteiger partial charge on any atom is -0.369 e. The van der Waals surface area contributed by atoms with Crippen LogP contribution in [0.25, 0.3) is 0 Å². The van der Waals surface area contributed by atoms with Crippen LogP contribution < -0.4 is 11.1 Å². The van der Waals surface area contributed by atoms with E-state index < -0.39 is 0 Å². The highest BCUT2D eigenvalue weighted by molar-refractivity contribution is 5.82. The van der Waals surface area contributed by atoms with Gasteiger partial charge in [-0.1, -0.05) is 6.07 Å². The number of pyridine rings is 1. The summed E-state index contributed by atoms with van der Waals surface area (Å²) >= 11 is 0. The Labute approximate surface area is 82.5 Å². The van der Waals surface area contributed by atoms with Gasteiger partial charge in [0, 0.05) is 18.8 Å². The van der Waals surface area contributed by atoms with E-state index in [2.05, 4.69) is 17.2 Å². The van der Waals surface area contributed by atoms with E-state index in [-0.39, 0.29) is 17.9 Å². The second-order valence-corrected chi connectivity index (χ2v) is 3.56. The van der Waals surface area contributed by atoms with Gasteiger partial charge in [0.05, 0.1) is 11.6 Å². The molecule has 0 saturated heterocycles. The van der Waals surface area contributed by atoms with Gasteiger partial charge in [0.1, 0.15) is 0 Å². The fourth-order valence-corrected chi connectivity index (χ4v) is 1.82. The highest BCUT2D eigenvalue weighted by Crippen LogP contribution is 2.27. The van der Waals surface area contributed by atoms with E-state index in [4.69, 9.17) is 5.73 Å². The van der Waals surface area contributed by atoms with Crippen molar-refractivity contribution >= 4 is 5.91 Å². The van der Waals surface area contributed by atoms with Crippen LogP contribution in [-0.4, -0.2) is 17.4 Å². The monoisotopic (exact) mass is 191 g/mol. The van der Waals surface area contributed by atoms with E-state index in [1.165, 1.54) is 0 Å². The molecular weight excluding hydrogens is 178 g/mol. The average Bonchev–Trinajstić information content (AvgIpc) is 2.18. The van der Waals surface area contributed by atoms with Gasteiger partial charge >= 0.3 is 0 Å². The van der Waals surface area contributed by atoms with Gasteiger partial charge in [-0.25, -0.2) is 0 Å². The molecule has 2 rings (SSSR count). The van der Waals surface area contributed by atoms with E-state index in [0.717, 1.165) is 11.3 Å². The van der Waals surface area contributed by atoms with Gasteiger partial charge < -0.3 is 11.1 Å². The standard InChI is InChI=1S/C10H13N3O/c1-6-7-3-2-4-12-9(7)8(5-13-6)10(11)14/h2-4,6,8,13H,5H2,1H3,(H2,11,14)/t6-,8?/m1/s1. The fourth-order valence-electron chi connectivity index (χ4n) is 1.82. The molecule has 74 valence electrons. The molecule has 0 aromatic carbocycles. The summed E-state index contributed by atoms with van der Waals surface area (Å²) in [7, 11) is 0. The van der Waals surface area contributed by atoms with Crippen LogP contribution in [-0.2, 0) is 4.79 Å². The predicted octanol–water partition coefficient (Wildman–Crippen LogP) is 0.315. The van der Waals surface area contributed by atoms with Crippen LogP contribution in [0, 0.1) is 0 Å². The zero-order chi connectivity index (χ0) is 10.1. The van der Waals surface area contributed by atoms with E-state index in [1.54, 1.807) is 6.20 Å². The maximum absolute atomic E-state index is 11.2. The third kappa shape index (κ3) is 1.37. The molecule has 1 aromatic heterocycles. The Hall–Kier alpha value is -1.42. The number of primary amides is 1. The number of amides is 1. The van der Waals surface area contributed by atoms with Crippen LogP contribution in [0.15, 0.2) is 18.3 Å².